The molecule has 4 nitrogen and oxygen atoms in total. The molecule has 22 heavy (non-hydrogen) atoms. The van der Waals surface area contributed by atoms with Crippen molar-refractivity contribution < 1.29 is 13.9 Å². The number of halogens is 2. The van der Waals surface area contributed by atoms with Gasteiger partial charge in [0.2, 0.25) is 0 Å². The van der Waals surface area contributed by atoms with E-state index in [2.05, 4.69) is 31.1 Å². The summed E-state index contributed by atoms with van der Waals surface area (Å²) in [5, 5.41) is 13.0. The van der Waals surface area contributed by atoms with Gasteiger partial charge in [-0.1, -0.05) is 20.8 Å². The maximum Gasteiger partial charge on any atom is 0.189 e. The van der Waals surface area contributed by atoms with E-state index in [-0.39, 0.29) is 21.2 Å². The number of rotatable bonds is 1. The molecule has 2 aromatic rings. The number of phenols is 1. The highest BCUT2D eigenvalue weighted by molar-refractivity contribution is 7.20. The zero-order chi connectivity index (χ0) is 16.3. The van der Waals surface area contributed by atoms with Crippen molar-refractivity contribution in [1.29, 1.82) is 0 Å². The molecule has 2 N–H and O–H groups in total. The number of hydrogen-bond donors (Lipinski definition) is 2. The number of aromatic hydroxyl groups is 1. The highest BCUT2D eigenvalue weighted by atomic mass is 32.1. The summed E-state index contributed by atoms with van der Waals surface area (Å²) in [6.45, 7) is 9.02. The second-order valence-corrected chi connectivity index (χ2v) is 7.73. The van der Waals surface area contributed by atoms with Crippen molar-refractivity contribution in [3.05, 3.63) is 22.7 Å². The van der Waals surface area contributed by atoms with Crippen LogP contribution in [0.3, 0.4) is 0 Å². The number of nitrogens with zero attached hydrogens (tertiary/aromatic N) is 2. The molecule has 0 amide bonds. The Kier molecular flexibility index (Phi) is 3.18. The van der Waals surface area contributed by atoms with E-state index in [0.717, 1.165) is 17.4 Å². The number of phenolic OH excluding ortho intramolecular Hbond substituents is 1. The van der Waals surface area contributed by atoms with Crippen molar-refractivity contribution in [2.75, 3.05) is 6.54 Å². The normalized spacial score (nSPS) is 22.0. The Labute approximate surface area is 130 Å². The molecular weight excluding hydrogens is 308 g/mol. The second-order valence-electron chi connectivity index (χ2n) is 6.73. The molecule has 1 aromatic heterocycles. The van der Waals surface area contributed by atoms with Gasteiger partial charge < -0.3 is 10.4 Å². The van der Waals surface area contributed by atoms with Gasteiger partial charge in [0.05, 0.1) is 15.8 Å². The van der Waals surface area contributed by atoms with Crippen LogP contribution in [0.1, 0.15) is 32.7 Å². The molecule has 1 aromatic carbocycles. The lowest BCUT2D eigenvalue weighted by molar-refractivity contribution is 0.225. The van der Waals surface area contributed by atoms with Gasteiger partial charge in [-0.3, -0.25) is 4.99 Å². The molecule has 1 unspecified atom stereocenters. The van der Waals surface area contributed by atoms with E-state index in [1.807, 2.05) is 6.92 Å². The smallest absolute Gasteiger partial charge is 0.189 e. The lowest BCUT2D eigenvalue weighted by Crippen LogP contribution is -2.41. The van der Waals surface area contributed by atoms with Gasteiger partial charge in [0.15, 0.2) is 28.2 Å². The molecule has 0 saturated heterocycles. The molecule has 1 atom stereocenters. The summed E-state index contributed by atoms with van der Waals surface area (Å²) in [5.41, 5.74) is -0.165. The van der Waals surface area contributed by atoms with Crippen LogP contribution in [0.15, 0.2) is 11.1 Å². The third-order valence-corrected chi connectivity index (χ3v) is 5.40. The highest BCUT2D eigenvalue weighted by Crippen LogP contribution is 2.37. The first-order valence-corrected chi connectivity index (χ1v) is 7.76. The van der Waals surface area contributed by atoms with E-state index >= 15 is 0 Å². The average molecular weight is 325 g/mol. The summed E-state index contributed by atoms with van der Waals surface area (Å²) < 4.78 is 27.5. The number of thiazole rings is 1. The van der Waals surface area contributed by atoms with Crippen LogP contribution >= 0.6 is 11.3 Å². The molecule has 1 aliphatic heterocycles. The number of nitrogens with one attached hydrogen (secondary N) is 1. The van der Waals surface area contributed by atoms with E-state index in [4.69, 9.17) is 4.99 Å². The van der Waals surface area contributed by atoms with Crippen LogP contribution in [0.2, 0.25) is 0 Å². The van der Waals surface area contributed by atoms with Gasteiger partial charge in [0.1, 0.15) is 0 Å². The highest BCUT2D eigenvalue weighted by Gasteiger charge is 2.41. The molecule has 7 heteroatoms. The summed E-state index contributed by atoms with van der Waals surface area (Å²) in [7, 11) is 0. The zero-order valence-electron chi connectivity index (χ0n) is 12.8. The van der Waals surface area contributed by atoms with Crippen molar-refractivity contribution in [1.82, 2.24) is 10.3 Å². The number of hydrogen-bond acceptors (Lipinski definition) is 5. The summed E-state index contributed by atoms with van der Waals surface area (Å²) in [4.78, 5) is 8.95. The molecule has 118 valence electrons. The minimum absolute atomic E-state index is 0.0476. The molecule has 0 aliphatic carbocycles. The SMILES string of the molecule is CC(C)(C)C1(C)CNC(c2nc3cc(F)c(O)c(F)c3s2)=N1. The molecule has 0 spiro atoms. The Morgan fingerprint density at radius 2 is 2.05 bits per heavy atom. The Morgan fingerprint density at radius 1 is 1.36 bits per heavy atom. The topological polar surface area (TPSA) is 57.5 Å². The van der Waals surface area contributed by atoms with Crippen molar-refractivity contribution in [2.45, 2.75) is 33.2 Å². The number of aliphatic imine (C=N–C) groups is 1. The average Bonchev–Trinajstić information content (AvgIpc) is 3.00. The summed E-state index contributed by atoms with van der Waals surface area (Å²) >= 11 is 1.05. The van der Waals surface area contributed by atoms with Crippen LogP contribution in [0.5, 0.6) is 5.75 Å². The van der Waals surface area contributed by atoms with Gasteiger partial charge in [-0.05, 0) is 12.3 Å². The standard InChI is InChI=1S/C15H17F2N3OS/c1-14(2,3)15(4)6-18-12(20-15)13-19-8-5-7(16)10(21)9(17)11(8)22-13/h5,21H,6H2,1-4H3,(H,18,20). The number of aromatic nitrogens is 1. The van der Waals surface area contributed by atoms with Crippen molar-refractivity contribution in [2.24, 2.45) is 10.4 Å². The monoisotopic (exact) mass is 325 g/mol. The van der Waals surface area contributed by atoms with Gasteiger partial charge >= 0.3 is 0 Å². The Balaban J connectivity index is 2.09. The van der Waals surface area contributed by atoms with E-state index < -0.39 is 17.4 Å². The van der Waals surface area contributed by atoms with E-state index in [0.29, 0.717) is 17.4 Å². The first kappa shape index (κ1) is 15.1. The fourth-order valence-corrected chi connectivity index (χ4v) is 3.17. The van der Waals surface area contributed by atoms with Crippen LogP contribution in [0, 0.1) is 17.0 Å². The van der Waals surface area contributed by atoms with Crippen LogP contribution < -0.4 is 5.32 Å². The lowest BCUT2D eigenvalue weighted by Gasteiger charge is -2.34. The third-order valence-electron chi connectivity index (χ3n) is 4.33. The fourth-order valence-electron chi connectivity index (χ4n) is 2.23. The minimum Gasteiger partial charge on any atom is -0.503 e. The molecule has 1 aliphatic rings. The quantitative estimate of drug-likeness (QED) is 0.844. The van der Waals surface area contributed by atoms with Crippen molar-refractivity contribution >= 4 is 27.4 Å². The summed E-state index contributed by atoms with van der Waals surface area (Å²) in [6.07, 6.45) is 0. The molecular formula is C15H17F2N3OS. The molecule has 0 saturated carbocycles. The largest absolute Gasteiger partial charge is 0.503 e. The Hall–Kier alpha value is -1.76. The van der Waals surface area contributed by atoms with Crippen LogP contribution in [0.25, 0.3) is 10.2 Å². The predicted octanol–water partition coefficient (Wildman–Crippen LogP) is 3.43. The Morgan fingerprint density at radius 3 is 2.64 bits per heavy atom. The van der Waals surface area contributed by atoms with Crippen LogP contribution in [0.4, 0.5) is 8.78 Å². The first-order chi connectivity index (χ1) is 10.1. The minimum atomic E-state index is -1.01. The maximum absolute atomic E-state index is 13.9. The van der Waals surface area contributed by atoms with E-state index in [9.17, 15) is 13.9 Å². The second kappa shape index (κ2) is 4.62. The molecule has 3 rings (SSSR count). The van der Waals surface area contributed by atoms with Gasteiger partial charge in [-0.15, -0.1) is 11.3 Å². The first-order valence-electron chi connectivity index (χ1n) is 6.94. The van der Waals surface area contributed by atoms with Crippen molar-refractivity contribution in [3.63, 3.8) is 0 Å². The number of amidine groups is 1. The Bertz CT molecular complexity index is 794. The number of benzene rings is 1. The summed E-state index contributed by atoms with van der Waals surface area (Å²) in [6, 6.07) is 1.03. The maximum atomic E-state index is 13.9. The predicted molar refractivity (Wildman–Crippen MR) is 83.6 cm³/mol. The van der Waals surface area contributed by atoms with Gasteiger partial charge in [-0.2, -0.15) is 0 Å². The van der Waals surface area contributed by atoms with Gasteiger partial charge in [-0.25, -0.2) is 13.8 Å². The lowest BCUT2D eigenvalue weighted by atomic mass is 9.76. The fraction of sp³-hybridized carbons (Fsp3) is 0.467. The molecule has 0 fully saturated rings. The van der Waals surface area contributed by atoms with Gasteiger partial charge in [0, 0.05) is 12.6 Å². The summed E-state index contributed by atoms with van der Waals surface area (Å²) in [5.74, 6) is -2.37. The van der Waals surface area contributed by atoms with Gasteiger partial charge in [0.25, 0.3) is 0 Å². The molecule has 0 radical (unpaired) electrons. The van der Waals surface area contributed by atoms with Crippen LogP contribution in [-0.2, 0) is 0 Å². The molecule has 2 heterocycles. The van der Waals surface area contributed by atoms with E-state index in [1.165, 1.54) is 0 Å². The molecule has 0 bridgehead atoms. The van der Waals surface area contributed by atoms with Crippen LogP contribution in [-0.4, -0.2) is 28.0 Å². The van der Waals surface area contributed by atoms with Crippen molar-refractivity contribution in [3.8, 4) is 5.75 Å². The third kappa shape index (κ3) is 2.15. The number of fused-ring (bicyclic) bond motifs is 1. The van der Waals surface area contributed by atoms with E-state index in [1.54, 1.807) is 0 Å². The zero-order valence-corrected chi connectivity index (χ0v) is 13.6.